The van der Waals surface area contributed by atoms with E-state index in [4.69, 9.17) is 0 Å². The highest BCUT2D eigenvalue weighted by Crippen LogP contribution is 2.21. The molecule has 0 aromatic carbocycles. The van der Waals surface area contributed by atoms with Gasteiger partial charge in [-0.05, 0) is 25.0 Å². The lowest BCUT2D eigenvalue weighted by Gasteiger charge is -1.98. The number of allylic oxidation sites excluding steroid dienone is 1. The van der Waals surface area contributed by atoms with E-state index < -0.39 is 0 Å². The summed E-state index contributed by atoms with van der Waals surface area (Å²) >= 11 is 0. The van der Waals surface area contributed by atoms with Gasteiger partial charge in [0.05, 0.1) is 11.4 Å². The average Bonchev–Trinajstić information content (AvgIpc) is 2.55. The molecule has 3 nitrogen and oxygen atoms in total. The number of hydrogen-bond acceptors (Lipinski definition) is 2. The summed E-state index contributed by atoms with van der Waals surface area (Å²) in [5.74, 6) is 0.376. The van der Waals surface area contributed by atoms with Crippen LogP contribution < -0.4 is 0 Å². The van der Waals surface area contributed by atoms with Crippen molar-refractivity contribution in [2.45, 2.75) is 26.7 Å². The third-order valence-corrected chi connectivity index (χ3v) is 2.24. The largest absolute Gasteiger partial charge is 0.274 e. The Morgan fingerprint density at radius 1 is 1.46 bits per heavy atom. The number of carbonyl (C=O) groups is 1. The Morgan fingerprint density at radius 2 is 2.15 bits per heavy atom. The van der Waals surface area contributed by atoms with E-state index in [2.05, 4.69) is 18.9 Å². The van der Waals surface area contributed by atoms with Crippen LogP contribution in [0.4, 0.5) is 0 Å². The Kier molecular flexibility index (Phi) is 1.62. The van der Waals surface area contributed by atoms with Crippen LogP contribution in [-0.2, 0) is 0 Å². The van der Waals surface area contributed by atoms with Crippen molar-refractivity contribution in [1.82, 2.24) is 9.78 Å². The second-order valence-corrected chi connectivity index (χ2v) is 3.69. The van der Waals surface area contributed by atoms with Crippen molar-refractivity contribution in [3.8, 4) is 0 Å². The Hall–Kier alpha value is -1.38. The maximum Gasteiger partial charge on any atom is 0.274 e. The minimum Gasteiger partial charge on any atom is -0.267 e. The fourth-order valence-electron chi connectivity index (χ4n) is 1.41. The molecule has 1 aliphatic heterocycles. The zero-order valence-electron chi connectivity index (χ0n) is 8.03. The van der Waals surface area contributed by atoms with Gasteiger partial charge in [-0.15, -0.1) is 0 Å². The zero-order valence-corrected chi connectivity index (χ0v) is 8.03. The van der Waals surface area contributed by atoms with E-state index in [9.17, 15) is 4.79 Å². The van der Waals surface area contributed by atoms with Crippen molar-refractivity contribution in [2.24, 2.45) is 0 Å². The molecule has 3 heteroatoms. The Bertz CT molecular complexity index is 399. The van der Waals surface area contributed by atoms with Crippen molar-refractivity contribution in [1.29, 1.82) is 0 Å². The molecular formula is C10H12N2O. The van der Waals surface area contributed by atoms with E-state index in [-0.39, 0.29) is 5.91 Å². The quantitative estimate of drug-likeness (QED) is 0.656. The van der Waals surface area contributed by atoms with Crippen molar-refractivity contribution >= 4 is 12.0 Å². The van der Waals surface area contributed by atoms with Gasteiger partial charge in [0, 0.05) is 5.57 Å². The molecular weight excluding hydrogens is 164 g/mol. The van der Waals surface area contributed by atoms with Crippen LogP contribution >= 0.6 is 0 Å². The van der Waals surface area contributed by atoms with Crippen LogP contribution in [0.1, 0.15) is 42.9 Å². The number of fused-ring (bicyclic) bond motifs is 1. The van der Waals surface area contributed by atoms with Crippen molar-refractivity contribution in [2.75, 3.05) is 0 Å². The van der Waals surface area contributed by atoms with Gasteiger partial charge in [0.2, 0.25) is 0 Å². The van der Waals surface area contributed by atoms with Gasteiger partial charge in [-0.25, -0.2) is 0 Å². The molecule has 0 atom stereocenters. The molecule has 0 unspecified atom stereocenters. The normalized spacial score (nSPS) is 15.1. The molecule has 0 N–H and O–H groups in total. The van der Waals surface area contributed by atoms with Crippen molar-refractivity contribution in [3.05, 3.63) is 23.0 Å². The standard InChI is InChI=1S/C10H12N2O/c1-6(2)9-5-8-4-7(3)10(13)12(8)11-9/h4-6H,1-3H3. The molecule has 0 amide bonds. The highest BCUT2D eigenvalue weighted by Gasteiger charge is 2.21. The second-order valence-electron chi connectivity index (χ2n) is 3.69. The SMILES string of the molecule is CC1=Cc2cc(C(C)C)nn2C1=O. The fourth-order valence-corrected chi connectivity index (χ4v) is 1.41. The molecule has 0 spiro atoms. The second kappa shape index (κ2) is 2.55. The number of hydrogen-bond donors (Lipinski definition) is 0. The van der Waals surface area contributed by atoms with Crippen LogP contribution in [0.2, 0.25) is 0 Å². The molecule has 1 aromatic heterocycles. The minimum absolute atomic E-state index is 0.00176. The van der Waals surface area contributed by atoms with Crippen LogP contribution in [0.25, 0.3) is 6.08 Å². The van der Waals surface area contributed by atoms with E-state index in [1.165, 1.54) is 4.68 Å². The lowest BCUT2D eigenvalue weighted by molar-refractivity contribution is 0.0946. The maximum absolute atomic E-state index is 11.5. The van der Waals surface area contributed by atoms with Crippen molar-refractivity contribution < 1.29 is 4.79 Å². The molecule has 0 fully saturated rings. The monoisotopic (exact) mass is 176 g/mol. The van der Waals surface area contributed by atoms with Gasteiger partial charge >= 0.3 is 0 Å². The van der Waals surface area contributed by atoms with Gasteiger partial charge in [0.1, 0.15) is 0 Å². The molecule has 0 radical (unpaired) electrons. The predicted octanol–water partition coefficient (Wildman–Crippen LogP) is 2.06. The zero-order chi connectivity index (χ0) is 9.59. The average molecular weight is 176 g/mol. The van der Waals surface area contributed by atoms with Crippen LogP contribution in [0.3, 0.4) is 0 Å². The molecule has 2 rings (SSSR count). The number of nitrogens with zero attached hydrogens (tertiary/aromatic N) is 2. The van der Waals surface area contributed by atoms with E-state index >= 15 is 0 Å². The van der Waals surface area contributed by atoms with E-state index in [0.29, 0.717) is 5.92 Å². The van der Waals surface area contributed by atoms with Gasteiger partial charge < -0.3 is 0 Å². The lowest BCUT2D eigenvalue weighted by atomic mass is 10.1. The Labute approximate surface area is 77.1 Å². The van der Waals surface area contributed by atoms with E-state index in [1.807, 2.05) is 19.1 Å². The molecule has 68 valence electrons. The van der Waals surface area contributed by atoms with Gasteiger partial charge in [-0.2, -0.15) is 9.78 Å². The predicted molar refractivity (Wildman–Crippen MR) is 50.6 cm³/mol. The van der Waals surface area contributed by atoms with Crippen LogP contribution in [0, 0.1) is 0 Å². The van der Waals surface area contributed by atoms with Crippen LogP contribution in [-0.4, -0.2) is 15.7 Å². The van der Waals surface area contributed by atoms with Gasteiger partial charge in [-0.3, -0.25) is 4.79 Å². The highest BCUT2D eigenvalue weighted by molar-refractivity contribution is 6.03. The summed E-state index contributed by atoms with van der Waals surface area (Å²) in [5.41, 5.74) is 2.65. The lowest BCUT2D eigenvalue weighted by Crippen LogP contribution is -2.09. The molecule has 13 heavy (non-hydrogen) atoms. The molecule has 0 bridgehead atoms. The summed E-state index contributed by atoms with van der Waals surface area (Å²) < 4.78 is 1.48. The first-order valence-electron chi connectivity index (χ1n) is 4.42. The van der Waals surface area contributed by atoms with Gasteiger partial charge in [0.25, 0.3) is 5.91 Å². The summed E-state index contributed by atoms with van der Waals surface area (Å²) in [6.07, 6.45) is 1.88. The summed E-state index contributed by atoms with van der Waals surface area (Å²) in [6, 6.07) is 1.97. The van der Waals surface area contributed by atoms with Gasteiger partial charge in [-0.1, -0.05) is 13.8 Å². The fraction of sp³-hybridized carbons (Fsp3) is 0.400. The van der Waals surface area contributed by atoms with E-state index in [0.717, 1.165) is 17.0 Å². The highest BCUT2D eigenvalue weighted by atomic mass is 16.2. The Balaban J connectivity index is 2.50. The first-order valence-corrected chi connectivity index (χ1v) is 4.42. The summed E-state index contributed by atoms with van der Waals surface area (Å²) in [7, 11) is 0. The first-order chi connectivity index (χ1) is 6.09. The molecule has 1 aliphatic rings. The Morgan fingerprint density at radius 3 is 2.69 bits per heavy atom. The van der Waals surface area contributed by atoms with Crippen molar-refractivity contribution in [3.63, 3.8) is 0 Å². The minimum atomic E-state index is 0.00176. The third-order valence-electron chi connectivity index (χ3n) is 2.24. The summed E-state index contributed by atoms with van der Waals surface area (Å²) in [6.45, 7) is 5.95. The molecule has 1 aromatic rings. The topological polar surface area (TPSA) is 34.9 Å². The maximum atomic E-state index is 11.5. The number of carbonyl (C=O) groups excluding carboxylic acids is 1. The summed E-state index contributed by atoms with van der Waals surface area (Å²) in [4.78, 5) is 11.5. The molecule has 0 saturated heterocycles. The number of rotatable bonds is 1. The van der Waals surface area contributed by atoms with E-state index in [1.54, 1.807) is 0 Å². The molecule has 2 heterocycles. The third kappa shape index (κ3) is 1.11. The summed E-state index contributed by atoms with van der Waals surface area (Å²) in [5, 5.41) is 4.24. The first kappa shape index (κ1) is 8.23. The molecule has 0 aliphatic carbocycles. The molecule has 0 saturated carbocycles. The van der Waals surface area contributed by atoms with Crippen LogP contribution in [0.5, 0.6) is 0 Å². The van der Waals surface area contributed by atoms with Gasteiger partial charge in [0.15, 0.2) is 0 Å². The number of aromatic nitrogens is 2. The smallest absolute Gasteiger partial charge is 0.267 e. The van der Waals surface area contributed by atoms with Crippen LogP contribution in [0.15, 0.2) is 11.6 Å².